The van der Waals surface area contributed by atoms with Crippen molar-refractivity contribution in [2.24, 2.45) is 0 Å². The number of nitrogens with zero attached hydrogens (tertiary/aromatic N) is 4. The molecule has 140 valence electrons. The van der Waals surface area contributed by atoms with Gasteiger partial charge in [-0.2, -0.15) is 5.10 Å². The van der Waals surface area contributed by atoms with Crippen LogP contribution in [0.5, 0.6) is 0 Å². The first-order valence-corrected chi connectivity index (χ1v) is 9.13. The highest BCUT2D eigenvalue weighted by Crippen LogP contribution is 2.34. The van der Waals surface area contributed by atoms with E-state index < -0.39 is 0 Å². The molecule has 27 heavy (non-hydrogen) atoms. The maximum Gasteiger partial charge on any atom is 0.217 e. The molecule has 1 aromatic carbocycles. The lowest BCUT2D eigenvalue weighted by Crippen LogP contribution is -2.38. The Bertz CT molecular complexity index is 962. The van der Waals surface area contributed by atoms with Gasteiger partial charge < -0.3 is 15.0 Å². The Labute approximate surface area is 158 Å². The molecule has 0 spiro atoms. The number of hydrogen-bond donors (Lipinski definition) is 1. The minimum Gasteiger partial charge on any atom is -0.378 e. The van der Waals surface area contributed by atoms with Crippen molar-refractivity contribution in [1.82, 2.24) is 19.9 Å². The number of hydrogen-bond acceptors (Lipinski definition) is 5. The number of carbonyl (C=O) groups is 1. The van der Waals surface area contributed by atoms with Crippen molar-refractivity contribution in [2.45, 2.75) is 19.9 Å². The second kappa shape index (κ2) is 7.36. The van der Waals surface area contributed by atoms with E-state index in [0.717, 1.165) is 41.2 Å². The smallest absolute Gasteiger partial charge is 0.217 e. The molecule has 3 heterocycles. The molecule has 1 aliphatic heterocycles. The number of rotatable bonds is 4. The zero-order valence-corrected chi connectivity index (χ0v) is 15.6. The quantitative estimate of drug-likeness (QED) is 0.767. The number of anilines is 1. The maximum absolute atomic E-state index is 12.1. The van der Waals surface area contributed by atoms with Gasteiger partial charge in [0.1, 0.15) is 6.04 Å². The number of imidazole rings is 1. The van der Waals surface area contributed by atoms with E-state index in [1.54, 1.807) is 16.9 Å². The molecule has 0 aliphatic carbocycles. The van der Waals surface area contributed by atoms with Gasteiger partial charge in [0.25, 0.3) is 0 Å². The lowest BCUT2D eigenvalue weighted by molar-refractivity contribution is -0.119. The van der Waals surface area contributed by atoms with Crippen molar-refractivity contribution in [3.63, 3.8) is 0 Å². The first-order valence-electron chi connectivity index (χ1n) is 9.13. The Morgan fingerprint density at radius 2 is 2.04 bits per heavy atom. The predicted molar refractivity (Wildman–Crippen MR) is 103 cm³/mol. The largest absolute Gasteiger partial charge is 0.378 e. The van der Waals surface area contributed by atoms with Crippen molar-refractivity contribution in [3.8, 4) is 0 Å². The molecule has 1 aliphatic rings. The van der Waals surface area contributed by atoms with E-state index >= 15 is 0 Å². The molecular weight excluding hydrogens is 342 g/mol. The van der Waals surface area contributed by atoms with E-state index in [1.807, 2.05) is 12.1 Å². The van der Waals surface area contributed by atoms with Gasteiger partial charge in [0.15, 0.2) is 5.65 Å². The number of ether oxygens (including phenoxy) is 1. The van der Waals surface area contributed by atoms with Crippen molar-refractivity contribution >= 4 is 17.2 Å². The number of fused-ring (bicyclic) bond motifs is 1. The number of benzene rings is 1. The monoisotopic (exact) mass is 365 g/mol. The zero-order chi connectivity index (χ0) is 18.8. The number of aromatic nitrogens is 3. The topological polar surface area (TPSA) is 71.8 Å². The molecule has 1 fully saturated rings. The van der Waals surface area contributed by atoms with Gasteiger partial charge in [0.2, 0.25) is 5.91 Å². The van der Waals surface area contributed by atoms with E-state index in [4.69, 9.17) is 4.74 Å². The average Bonchev–Trinajstić information content (AvgIpc) is 3.11. The van der Waals surface area contributed by atoms with Crippen LogP contribution in [-0.2, 0) is 9.53 Å². The summed E-state index contributed by atoms with van der Waals surface area (Å²) >= 11 is 0. The fourth-order valence-corrected chi connectivity index (χ4v) is 3.66. The Balaban J connectivity index is 1.87. The van der Waals surface area contributed by atoms with Crippen molar-refractivity contribution in [2.75, 3.05) is 31.2 Å². The van der Waals surface area contributed by atoms with Gasteiger partial charge in [-0.1, -0.05) is 12.1 Å². The van der Waals surface area contributed by atoms with Crippen molar-refractivity contribution in [3.05, 3.63) is 59.5 Å². The Morgan fingerprint density at radius 3 is 2.81 bits per heavy atom. The molecule has 1 atom stereocenters. The number of nitrogens with one attached hydrogen (secondary N) is 1. The van der Waals surface area contributed by atoms with Crippen LogP contribution in [0.4, 0.5) is 5.69 Å². The highest BCUT2D eigenvalue weighted by Gasteiger charge is 2.27. The summed E-state index contributed by atoms with van der Waals surface area (Å²) in [6.07, 6.45) is 3.52. The molecule has 4 rings (SSSR count). The molecule has 2 aromatic heterocycles. The van der Waals surface area contributed by atoms with Gasteiger partial charge in [0, 0.05) is 37.5 Å². The zero-order valence-electron chi connectivity index (χ0n) is 15.6. The molecule has 7 heteroatoms. The maximum atomic E-state index is 12.1. The van der Waals surface area contributed by atoms with Crippen LogP contribution < -0.4 is 10.2 Å². The van der Waals surface area contributed by atoms with Gasteiger partial charge in [-0.15, -0.1) is 0 Å². The van der Waals surface area contributed by atoms with E-state index in [2.05, 4.69) is 45.4 Å². The molecule has 0 bridgehead atoms. The van der Waals surface area contributed by atoms with Crippen LogP contribution in [0.1, 0.15) is 29.8 Å². The van der Waals surface area contributed by atoms with Gasteiger partial charge >= 0.3 is 0 Å². The Kier molecular flexibility index (Phi) is 4.77. The molecule has 1 amide bonds. The lowest BCUT2D eigenvalue weighted by atomic mass is 9.95. The number of aryl methyl sites for hydroxylation is 1. The first-order chi connectivity index (χ1) is 13.1. The number of morpholine rings is 1. The summed E-state index contributed by atoms with van der Waals surface area (Å²) in [5.74, 6) is -0.0953. The first kappa shape index (κ1) is 17.5. The molecular formula is C20H23N5O2. The third-order valence-corrected chi connectivity index (χ3v) is 4.89. The second-order valence-electron chi connectivity index (χ2n) is 6.72. The van der Waals surface area contributed by atoms with E-state index in [0.29, 0.717) is 13.2 Å². The summed E-state index contributed by atoms with van der Waals surface area (Å²) in [5.41, 5.74) is 4.89. The normalized spacial score (nSPS) is 15.7. The third-order valence-electron chi connectivity index (χ3n) is 4.89. The molecule has 1 saturated heterocycles. The van der Waals surface area contributed by atoms with E-state index in [9.17, 15) is 4.79 Å². The lowest BCUT2D eigenvalue weighted by Gasteiger charge is -2.33. The summed E-state index contributed by atoms with van der Waals surface area (Å²) in [4.78, 5) is 18.8. The SMILES string of the molecule is CC(=O)NC(c1c(C)cccc1N1CCOCC1)c1cnc2cccnn12. The van der Waals surface area contributed by atoms with E-state index in [1.165, 1.54) is 6.92 Å². The second-order valence-corrected chi connectivity index (χ2v) is 6.72. The van der Waals surface area contributed by atoms with Crippen LogP contribution in [0.2, 0.25) is 0 Å². The van der Waals surface area contributed by atoms with E-state index in [-0.39, 0.29) is 11.9 Å². The van der Waals surface area contributed by atoms with Gasteiger partial charge in [0.05, 0.1) is 25.1 Å². The summed E-state index contributed by atoms with van der Waals surface area (Å²) in [6.45, 7) is 6.68. The minimum atomic E-state index is -0.341. The molecule has 1 N–H and O–H groups in total. The van der Waals surface area contributed by atoms with Crippen LogP contribution >= 0.6 is 0 Å². The van der Waals surface area contributed by atoms with Crippen LogP contribution in [0, 0.1) is 6.92 Å². The van der Waals surface area contributed by atoms with Gasteiger partial charge in [-0.05, 0) is 30.7 Å². The molecule has 7 nitrogen and oxygen atoms in total. The van der Waals surface area contributed by atoms with Crippen molar-refractivity contribution in [1.29, 1.82) is 0 Å². The minimum absolute atomic E-state index is 0.0953. The van der Waals surface area contributed by atoms with Crippen LogP contribution in [0.3, 0.4) is 0 Å². The Hall–Kier alpha value is -2.93. The number of carbonyl (C=O) groups excluding carboxylic acids is 1. The van der Waals surface area contributed by atoms with Gasteiger partial charge in [-0.25, -0.2) is 9.50 Å². The standard InChI is InChI=1S/C20H23N5O2/c1-14-5-3-6-16(24-9-11-27-12-10-24)19(14)20(23-15(2)26)17-13-21-18-7-4-8-22-25(17)18/h3-8,13,20H,9-12H2,1-2H3,(H,23,26). The van der Waals surface area contributed by atoms with Crippen molar-refractivity contribution < 1.29 is 9.53 Å². The summed E-state index contributed by atoms with van der Waals surface area (Å²) in [7, 11) is 0. The van der Waals surface area contributed by atoms with Gasteiger partial charge in [-0.3, -0.25) is 4.79 Å². The summed E-state index contributed by atoms with van der Waals surface area (Å²) in [5, 5.41) is 7.55. The molecule has 3 aromatic rings. The van der Waals surface area contributed by atoms with Crippen LogP contribution in [0.25, 0.3) is 5.65 Å². The fourth-order valence-electron chi connectivity index (χ4n) is 3.66. The number of amides is 1. The van der Waals surface area contributed by atoms with Crippen LogP contribution in [-0.4, -0.2) is 46.8 Å². The Morgan fingerprint density at radius 1 is 1.22 bits per heavy atom. The summed E-state index contributed by atoms with van der Waals surface area (Å²) < 4.78 is 7.30. The highest BCUT2D eigenvalue weighted by molar-refractivity contribution is 5.75. The third kappa shape index (κ3) is 3.38. The predicted octanol–water partition coefficient (Wildman–Crippen LogP) is 2.10. The fraction of sp³-hybridized carbons (Fsp3) is 0.350. The average molecular weight is 365 g/mol. The summed E-state index contributed by atoms with van der Waals surface area (Å²) in [6, 6.07) is 9.66. The molecule has 0 saturated carbocycles. The molecule has 0 radical (unpaired) electrons. The molecule has 1 unspecified atom stereocenters. The van der Waals surface area contributed by atoms with Crippen LogP contribution in [0.15, 0.2) is 42.7 Å². The highest BCUT2D eigenvalue weighted by atomic mass is 16.5.